The zero-order valence-corrected chi connectivity index (χ0v) is 13.4. The summed E-state index contributed by atoms with van der Waals surface area (Å²) in [5, 5.41) is 5.78. The Labute approximate surface area is 143 Å². The normalized spacial score (nSPS) is 11.9. The summed E-state index contributed by atoms with van der Waals surface area (Å²) >= 11 is 6.00. The number of carbonyl (C=O) groups is 2. The van der Waals surface area contributed by atoms with Gasteiger partial charge in [-0.05, 0) is 23.8 Å². The van der Waals surface area contributed by atoms with E-state index in [1.54, 1.807) is 42.5 Å². The van der Waals surface area contributed by atoms with Gasteiger partial charge in [-0.25, -0.2) is 0 Å². The molecule has 2 N–H and O–H groups in total. The molecule has 0 fully saturated rings. The average Bonchev–Trinajstić information content (AvgIpc) is 3.03. The van der Waals surface area contributed by atoms with E-state index in [1.165, 1.54) is 0 Å². The molecule has 2 aromatic carbocycles. The summed E-state index contributed by atoms with van der Waals surface area (Å²) in [7, 11) is 0. The highest BCUT2D eigenvalue weighted by molar-refractivity contribution is 6.31. The van der Waals surface area contributed by atoms with Gasteiger partial charge >= 0.3 is 0 Å². The highest BCUT2D eigenvalue weighted by Gasteiger charge is 2.14. The zero-order valence-electron chi connectivity index (χ0n) is 12.7. The second-order valence-corrected chi connectivity index (χ2v) is 5.57. The second-order valence-electron chi connectivity index (χ2n) is 5.16. The minimum absolute atomic E-state index is 0.122. The van der Waals surface area contributed by atoms with Crippen LogP contribution in [0.5, 0.6) is 11.5 Å². The van der Waals surface area contributed by atoms with Crippen molar-refractivity contribution in [3.63, 3.8) is 0 Å². The molecule has 0 atom stereocenters. The summed E-state index contributed by atoms with van der Waals surface area (Å²) in [6, 6.07) is 12.2. The lowest BCUT2D eigenvalue weighted by atomic mass is 10.1. The van der Waals surface area contributed by atoms with Crippen molar-refractivity contribution >= 4 is 29.1 Å². The van der Waals surface area contributed by atoms with Crippen molar-refractivity contribution in [2.75, 3.05) is 18.7 Å². The number of halogens is 1. The monoisotopic (exact) mass is 346 g/mol. The maximum Gasteiger partial charge on any atom is 0.243 e. The number of anilines is 1. The van der Waals surface area contributed by atoms with Crippen molar-refractivity contribution in [3.05, 3.63) is 53.1 Å². The molecule has 1 aliphatic rings. The van der Waals surface area contributed by atoms with Gasteiger partial charge in [0.25, 0.3) is 0 Å². The summed E-state index contributed by atoms with van der Waals surface area (Å²) in [6.07, 6.45) is 0.122. The first-order valence-corrected chi connectivity index (χ1v) is 7.69. The minimum Gasteiger partial charge on any atom is -0.454 e. The van der Waals surface area contributed by atoms with Crippen LogP contribution in [0, 0.1) is 0 Å². The molecule has 2 aromatic rings. The summed E-state index contributed by atoms with van der Waals surface area (Å²) < 4.78 is 10.4. The van der Waals surface area contributed by atoms with Crippen molar-refractivity contribution in [1.29, 1.82) is 0 Å². The fraction of sp³-hybridized carbons (Fsp3) is 0.176. The van der Waals surface area contributed by atoms with E-state index in [0.29, 0.717) is 27.8 Å². The summed E-state index contributed by atoms with van der Waals surface area (Å²) in [5.41, 5.74) is 1.29. The molecular weight excluding hydrogens is 332 g/mol. The number of carbonyl (C=O) groups excluding carboxylic acids is 2. The van der Waals surface area contributed by atoms with Gasteiger partial charge in [-0.15, -0.1) is 0 Å². The highest BCUT2D eigenvalue weighted by atomic mass is 35.5. The number of nitrogens with one attached hydrogen (secondary N) is 2. The van der Waals surface area contributed by atoms with Gasteiger partial charge in [-0.1, -0.05) is 29.8 Å². The molecule has 0 aromatic heterocycles. The Bertz CT molecular complexity index is 779. The smallest absolute Gasteiger partial charge is 0.243 e. The van der Waals surface area contributed by atoms with E-state index in [9.17, 15) is 9.59 Å². The van der Waals surface area contributed by atoms with Crippen LogP contribution in [0.3, 0.4) is 0 Å². The molecule has 24 heavy (non-hydrogen) atoms. The molecule has 0 saturated heterocycles. The van der Waals surface area contributed by atoms with Crippen molar-refractivity contribution in [2.45, 2.75) is 6.42 Å². The standard InChI is InChI=1S/C17H15ClN2O4/c18-13-4-2-1-3-11(13)7-16(21)19-9-17(22)20-12-5-6-14-15(8-12)24-10-23-14/h1-6,8H,7,9-10H2,(H,19,21)(H,20,22). The Balaban J connectivity index is 1.49. The maximum atomic E-state index is 11.9. The van der Waals surface area contributed by atoms with Gasteiger partial charge in [-0.3, -0.25) is 9.59 Å². The van der Waals surface area contributed by atoms with Gasteiger partial charge in [0.15, 0.2) is 11.5 Å². The third-order valence-corrected chi connectivity index (χ3v) is 3.78. The number of fused-ring (bicyclic) bond motifs is 1. The van der Waals surface area contributed by atoms with Crippen molar-refractivity contribution < 1.29 is 19.1 Å². The molecule has 124 valence electrons. The number of hydrogen-bond donors (Lipinski definition) is 2. The second kappa shape index (κ2) is 7.23. The van der Waals surface area contributed by atoms with Crippen LogP contribution in [-0.2, 0) is 16.0 Å². The van der Waals surface area contributed by atoms with E-state index >= 15 is 0 Å². The Hall–Kier alpha value is -2.73. The third kappa shape index (κ3) is 3.97. The topological polar surface area (TPSA) is 76.7 Å². The molecule has 0 saturated carbocycles. The van der Waals surface area contributed by atoms with E-state index < -0.39 is 0 Å². The summed E-state index contributed by atoms with van der Waals surface area (Å²) in [6.45, 7) is 0.0442. The number of rotatable bonds is 5. The lowest BCUT2D eigenvalue weighted by Gasteiger charge is -2.08. The van der Waals surface area contributed by atoms with Crippen molar-refractivity contribution in [3.8, 4) is 11.5 Å². The average molecular weight is 347 g/mol. The van der Waals surface area contributed by atoms with Gasteiger partial charge < -0.3 is 20.1 Å². The van der Waals surface area contributed by atoms with Gasteiger partial charge in [0.05, 0.1) is 13.0 Å². The van der Waals surface area contributed by atoms with Crippen LogP contribution >= 0.6 is 11.6 Å². The van der Waals surface area contributed by atoms with Crippen LogP contribution in [-0.4, -0.2) is 25.2 Å². The molecule has 2 amide bonds. The zero-order chi connectivity index (χ0) is 16.9. The van der Waals surface area contributed by atoms with Crippen molar-refractivity contribution in [2.24, 2.45) is 0 Å². The molecule has 0 unspecified atom stereocenters. The molecule has 0 radical (unpaired) electrons. The first-order valence-electron chi connectivity index (χ1n) is 7.31. The quantitative estimate of drug-likeness (QED) is 0.871. The predicted molar refractivity (Wildman–Crippen MR) is 89.4 cm³/mol. The van der Waals surface area contributed by atoms with Crippen LogP contribution in [0.2, 0.25) is 5.02 Å². The number of ether oxygens (including phenoxy) is 2. The van der Waals surface area contributed by atoms with Crippen LogP contribution < -0.4 is 20.1 Å². The SMILES string of the molecule is O=C(Cc1ccccc1Cl)NCC(=O)Nc1ccc2c(c1)OCO2. The van der Waals surface area contributed by atoms with Gasteiger partial charge in [-0.2, -0.15) is 0 Å². The fourth-order valence-electron chi connectivity index (χ4n) is 2.24. The van der Waals surface area contributed by atoms with E-state index in [1.807, 2.05) is 0 Å². The molecule has 0 spiro atoms. The number of hydrogen-bond acceptors (Lipinski definition) is 4. The first kappa shape index (κ1) is 16.1. The molecule has 6 nitrogen and oxygen atoms in total. The molecule has 7 heteroatoms. The molecular formula is C17H15ClN2O4. The highest BCUT2D eigenvalue weighted by Crippen LogP contribution is 2.34. The van der Waals surface area contributed by atoms with Gasteiger partial charge in [0.2, 0.25) is 18.6 Å². The molecule has 0 aliphatic carbocycles. The number of amides is 2. The predicted octanol–water partition coefficient (Wildman–Crippen LogP) is 2.37. The Kier molecular flexibility index (Phi) is 4.86. The van der Waals surface area contributed by atoms with Crippen LogP contribution in [0.15, 0.2) is 42.5 Å². The molecule has 3 rings (SSSR count). The van der Waals surface area contributed by atoms with E-state index in [0.717, 1.165) is 0 Å². The molecule has 1 aliphatic heterocycles. The van der Waals surface area contributed by atoms with E-state index in [2.05, 4.69) is 10.6 Å². The third-order valence-electron chi connectivity index (χ3n) is 3.41. The van der Waals surface area contributed by atoms with Crippen LogP contribution in [0.4, 0.5) is 5.69 Å². The Morgan fingerprint density at radius 2 is 1.83 bits per heavy atom. The Morgan fingerprint density at radius 3 is 2.67 bits per heavy atom. The number of benzene rings is 2. The molecule has 1 heterocycles. The van der Waals surface area contributed by atoms with E-state index in [4.69, 9.17) is 21.1 Å². The molecule has 0 bridgehead atoms. The largest absolute Gasteiger partial charge is 0.454 e. The van der Waals surface area contributed by atoms with Crippen LogP contribution in [0.1, 0.15) is 5.56 Å². The van der Waals surface area contributed by atoms with Gasteiger partial charge in [0.1, 0.15) is 0 Å². The van der Waals surface area contributed by atoms with Crippen molar-refractivity contribution in [1.82, 2.24) is 5.32 Å². The lowest BCUT2D eigenvalue weighted by Crippen LogP contribution is -2.33. The van der Waals surface area contributed by atoms with Crippen LogP contribution in [0.25, 0.3) is 0 Å². The Morgan fingerprint density at radius 1 is 1.04 bits per heavy atom. The maximum absolute atomic E-state index is 11.9. The summed E-state index contributed by atoms with van der Waals surface area (Å²) in [4.78, 5) is 23.8. The van der Waals surface area contributed by atoms with E-state index in [-0.39, 0.29) is 31.6 Å². The first-order chi connectivity index (χ1) is 11.6. The summed E-state index contributed by atoms with van der Waals surface area (Å²) in [5.74, 6) is 0.613. The van der Waals surface area contributed by atoms with Gasteiger partial charge in [0, 0.05) is 16.8 Å². The minimum atomic E-state index is -0.332. The fourth-order valence-corrected chi connectivity index (χ4v) is 2.44. The lowest BCUT2D eigenvalue weighted by molar-refractivity contribution is -0.123.